The minimum Gasteiger partial charge on any atom is -0.324 e. The number of aryl methyl sites for hydroxylation is 1. The predicted octanol–water partition coefficient (Wildman–Crippen LogP) is 3.15. The monoisotopic (exact) mass is 345 g/mol. The van der Waals surface area contributed by atoms with Gasteiger partial charge < -0.3 is 10.2 Å². The van der Waals surface area contributed by atoms with Crippen LogP contribution in [0, 0.1) is 18.6 Å². The van der Waals surface area contributed by atoms with Crippen LogP contribution in [0.3, 0.4) is 0 Å². The molecule has 0 unspecified atom stereocenters. The van der Waals surface area contributed by atoms with Gasteiger partial charge in [-0.1, -0.05) is 18.2 Å². The third-order valence-corrected chi connectivity index (χ3v) is 4.06. The van der Waals surface area contributed by atoms with Gasteiger partial charge in [0.05, 0.1) is 0 Å². The molecular weight excluding hydrogens is 328 g/mol. The van der Waals surface area contributed by atoms with Gasteiger partial charge in [0.1, 0.15) is 6.54 Å². The molecule has 5 nitrogen and oxygen atoms in total. The smallest absolute Gasteiger partial charge is 0.324 e. The number of anilines is 2. The molecule has 0 aliphatic carbocycles. The Labute approximate surface area is 143 Å². The third kappa shape index (κ3) is 3.60. The van der Waals surface area contributed by atoms with E-state index in [0.29, 0.717) is 18.8 Å². The minimum absolute atomic E-state index is 0.104. The van der Waals surface area contributed by atoms with Crippen LogP contribution in [0.25, 0.3) is 0 Å². The number of halogens is 2. The lowest BCUT2D eigenvalue weighted by molar-refractivity contribution is -0.116. The molecule has 0 radical (unpaired) electrons. The first kappa shape index (κ1) is 16.9. The van der Waals surface area contributed by atoms with E-state index in [1.807, 2.05) is 25.1 Å². The van der Waals surface area contributed by atoms with Crippen LogP contribution >= 0.6 is 0 Å². The Morgan fingerprint density at radius 2 is 1.88 bits per heavy atom. The Kier molecular flexibility index (Phi) is 4.65. The van der Waals surface area contributed by atoms with Crippen LogP contribution in [0.4, 0.5) is 25.0 Å². The van der Waals surface area contributed by atoms with Gasteiger partial charge in [-0.15, -0.1) is 0 Å². The molecule has 25 heavy (non-hydrogen) atoms. The Morgan fingerprint density at radius 1 is 1.12 bits per heavy atom. The number of hydrogen-bond donors (Lipinski definition) is 1. The molecule has 1 N–H and O–H groups in total. The van der Waals surface area contributed by atoms with Gasteiger partial charge in [0, 0.05) is 30.5 Å². The number of carbonyl (C=O) groups excluding carboxylic acids is 2. The maximum absolute atomic E-state index is 13.4. The SMILES string of the molecule is Cc1ccccc1NC(=O)CN1CCN(c2ccc(F)c(F)c2)C1=O. The Bertz CT molecular complexity index is 826. The minimum atomic E-state index is -1.01. The lowest BCUT2D eigenvalue weighted by Gasteiger charge is -2.19. The zero-order valence-electron chi connectivity index (χ0n) is 13.6. The third-order valence-electron chi connectivity index (χ3n) is 4.06. The van der Waals surface area contributed by atoms with Crippen LogP contribution in [-0.2, 0) is 4.79 Å². The normalized spacial score (nSPS) is 14.1. The molecule has 130 valence electrons. The number of benzene rings is 2. The number of carbonyl (C=O) groups is 2. The van der Waals surface area contributed by atoms with Crippen molar-refractivity contribution in [2.45, 2.75) is 6.92 Å². The van der Waals surface area contributed by atoms with Crippen LogP contribution in [0.1, 0.15) is 5.56 Å². The molecule has 3 amide bonds. The van der Waals surface area contributed by atoms with E-state index in [4.69, 9.17) is 0 Å². The highest BCUT2D eigenvalue weighted by atomic mass is 19.2. The molecule has 3 rings (SSSR count). The van der Waals surface area contributed by atoms with Gasteiger partial charge in [0.2, 0.25) is 5.91 Å². The standard InChI is InChI=1S/C18H17F2N3O2/c1-12-4-2-3-5-16(12)21-17(24)11-22-8-9-23(18(22)25)13-6-7-14(19)15(20)10-13/h2-7,10H,8-9,11H2,1H3,(H,21,24). The van der Waals surface area contributed by atoms with Crippen molar-refractivity contribution in [3.8, 4) is 0 Å². The van der Waals surface area contributed by atoms with Crippen molar-refractivity contribution in [2.24, 2.45) is 0 Å². The quantitative estimate of drug-likeness (QED) is 0.925. The summed E-state index contributed by atoms with van der Waals surface area (Å²) in [5.74, 6) is -2.29. The van der Waals surface area contributed by atoms with Gasteiger partial charge in [-0.2, -0.15) is 0 Å². The van der Waals surface area contributed by atoms with E-state index in [9.17, 15) is 18.4 Å². The zero-order chi connectivity index (χ0) is 18.0. The van der Waals surface area contributed by atoms with E-state index in [-0.39, 0.29) is 18.1 Å². The van der Waals surface area contributed by atoms with Gasteiger partial charge in [0.15, 0.2) is 11.6 Å². The van der Waals surface area contributed by atoms with E-state index in [0.717, 1.165) is 17.7 Å². The summed E-state index contributed by atoms with van der Waals surface area (Å²) in [6.07, 6.45) is 0. The number of rotatable bonds is 4. The van der Waals surface area contributed by atoms with Crippen molar-refractivity contribution in [1.29, 1.82) is 0 Å². The first-order valence-electron chi connectivity index (χ1n) is 7.82. The second-order valence-corrected chi connectivity index (χ2v) is 5.82. The van der Waals surface area contributed by atoms with E-state index in [1.165, 1.54) is 15.9 Å². The van der Waals surface area contributed by atoms with Crippen LogP contribution < -0.4 is 10.2 Å². The molecule has 2 aromatic rings. The topological polar surface area (TPSA) is 52.7 Å². The molecular formula is C18H17F2N3O2. The molecule has 1 aliphatic rings. The molecule has 2 aromatic carbocycles. The number of hydrogen-bond acceptors (Lipinski definition) is 2. The summed E-state index contributed by atoms with van der Waals surface area (Å²) in [6, 6.07) is 10.2. The second kappa shape index (κ2) is 6.88. The molecule has 0 bridgehead atoms. The van der Waals surface area contributed by atoms with E-state index in [2.05, 4.69) is 5.32 Å². The average molecular weight is 345 g/mol. The predicted molar refractivity (Wildman–Crippen MR) is 90.5 cm³/mol. The van der Waals surface area contributed by atoms with Crippen LogP contribution in [0.2, 0.25) is 0 Å². The molecule has 1 saturated heterocycles. The lowest BCUT2D eigenvalue weighted by Crippen LogP contribution is -2.37. The fraction of sp³-hybridized carbons (Fsp3) is 0.222. The van der Waals surface area contributed by atoms with E-state index >= 15 is 0 Å². The maximum atomic E-state index is 13.4. The number of nitrogens with zero attached hydrogens (tertiary/aromatic N) is 2. The summed E-state index contributed by atoms with van der Waals surface area (Å²) in [6.45, 7) is 2.41. The fourth-order valence-corrected chi connectivity index (χ4v) is 2.70. The highest BCUT2D eigenvalue weighted by molar-refractivity contribution is 5.99. The number of amides is 3. The lowest BCUT2D eigenvalue weighted by atomic mass is 10.2. The maximum Gasteiger partial charge on any atom is 0.325 e. The number of para-hydroxylation sites is 1. The van der Waals surface area contributed by atoms with Crippen molar-refractivity contribution in [1.82, 2.24) is 4.90 Å². The van der Waals surface area contributed by atoms with Gasteiger partial charge >= 0.3 is 6.03 Å². The van der Waals surface area contributed by atoms with Crippen molar-refractivity contribution >= 4 is 23.3 Å². The number of nitrogens with one attached hydrogen (secondary N) is 1. The Balaban J connectivity index is 1.65. The average Bonchev–Trinajstić information content (AvgIpc) is 2.93. The first-order chi connectivity index (χ1) is 12.0. The van der Waals surface area contributed by atoms with E-state index < -0.39 is 17.7 Å². The summed E-state index contributed by atoms with van der Waals surface area (Å²) in [7, 11) is 0. The molecule has 0 atom stereocenters. The van der Waals surface area contributed by atoms with Gasteiger partial charge in [-0.3, -0.25) is 9.69 Å². The van der Waals surface area contributed by atoms with Crippen LogP contribution in [0.15, 0.2) is 42.5 Å². The van der Waals surface area contributed by atoms with Crippen molar-refractivity contribution in [2.75, 3.05) is 29.9 Å². The summed E-state index contributed by atoms with van der Waals surface area (Å²) in [4.78, 5) is 27.3. The summed E-state index contributed by atoms with van der Waals surface area (Å²) in [5.41, 5.74) is 1.88. The molecule has 1 fully saturated rings. The zero-order valence-corrected chi connectivity index (χ0v) is 13.6. The first-order valence-corrected chi connectivity index (χ1v) is 7.82. The number of urea groups is 1. The molecule has 0 aromatic heterocycles. The van der Waals surface area contributed by atoms with Gasteiger partial charge in [-0.05, 0) is 30.7 Å². The summed E-state index contributed by atoms with van der Waals surface area (Å²) in [5, 5.41) is 2.77. The van der Waals surface area contributed by atoms with Crippen LogP contribution in [-0.4, -0.2) is 36.5 Å². The molecule has 0 spiro atoms. The Hall–Kier alpha value is -2.96. The molecule has 1 heterocycles. The molecule has 7 heteroatoms. The highest BCUT2D eigenvalue weighted by Crippen LogP contribution is 2.22. The van der Waals surface area contributed by atoms with Gasteiger partial charge in [-0.25, -0.2) is 13.6 Å². The summed E-state index contributed by atoms with van der Waals surface area (Å²) < 4.78 is 26.4. The van der Waals surface area contributed by atoms with E-state index in [1.54, 1.807) is 6.07 Å². The molecule has 1 aliphatic heterocycles. The second-order valence-electron chi connectivity index (χ2n) is 5.82. The van der Waals surface area contributed by atoms with Crippen LogP contribution in [0.5, 0.6) is 0 Å². The summed E-state index contributed by atoms with van der Waals surface area (Å²) >= 11 is 0. The van der Waals surface area contributed by atoms with Crippen molar-refractivity contribution in [3.05, 3.63) is 59.7 Å². The highest BCUT2D eigenvalue weighted by Gasteiger charge is 2.31. The largest absolute Gasteiger partial charge is 0.325 e. The molecule has 0 saturated carbocycles. The van der Waals surface area contributed by atoms with Gasteiger partial charge in [0.25, 0.3) is 0 Å². The fourth-order valence-electron chi connectivity index (χ4n) is 2.70. The van der Waals surface area contributed by atoms with Crippen molar-refractivity contribution in [3.63, 3.8) is 0 Å². The Morgan fingerprint density at radius 3 is 2.60 bits per heavy atom. The van der Waals surface area contributed by atoms with Crippen molar-refractivity contribution < 1.29 is 18.4 Å².